The van der Waals surface area contributed by atoms with Gasteiger partial charge < -0.3 is 4.90 Å². The Bertz CT molecular complexity index is 346. The summed E-state index contributed by atoms with van der Waals surface area (Å²) in [6.45, 7) is 2.36. The number of halogens is 1. The van der Waals surface area contributed by atoms with Crippen molar-refractivity contribution >= 4 is 21.6 Å². The SMILES string of the molecule is CC1CCC(N(C)c2ccncc2Br)CC1. The standard InChI is InChI=1S/C13H19BrN2/c1-10-3-5-11(6-4-10)16(2)13-7-8-15-9-12(13)14/h7-11H,3-6H2,1-2H3. The number of anilines is 1. The van der Waals surface area contributed by atoms with Gasteiger partial charge in [0.15, 0.2) is 0 Å². The molecular weight excluding hydrogens is 264 g/mol. The minimum absolute atomic E-state index is 0.690. The molecule has 2 nitrogen and oxygen atoms in total. The lowest BCUT2D eigenvalue weighted by Crippen LogP contribution is -2.35. The quantitative estimate of drug-likeness (QED) is 0.819. The first-order valence-electron chi connectivity index (χ1n) is 6.01. The van der Waals surface area contributed by atoms with Crippen LogP contribution in [0.4, 0.5) is 5.69 Å². The van der Waals surface area contributed by atoms with E-state index < -0.39 is 0 Å². The highest BCUT2D eigenvalue weighted by Gasteiger charge is 2.22. The van der Waals surface area contributed by atoms with Crippen LogP contribution in [-0.2, 0) is 0 Å². The first kappa shape index (κ1) is 11.9. The van der Waals surface area contributed by atoms with Crippen molar-refractivity contribution in [2.75, 3.05) is 11.9 Å². The second-order valence-electron chi connectivity index (χ2n) is 4.85. The van der Waals surface area contributed by atoms with E-state index in [0.717, 1.165) is 10.4 Å². The van der Waals surface area contributed by atoms with Gasteiger partial charge >= 0.3 is 0 Å². The van der Waals surface area contributed by atoms with Gasteiger partial charge in [0.1, 0.15) is 0 Å². The van der Waals surface area contributed by atoms with E-state index >= 15 is 0 Å². The van der Waals surface area contributed by atoms with Crippen molar-refractivity contribution < 1.29 is 0 Å². The molecule has 0 radical (unpaired) electrons. The van der Waals surface area contributed by atoms with Gasteiger partial charge in [0, 0.05) is 25.5 Å². The topological polar surface area (TPSA) is 16.1 Å². The molecule has 0 aliphatic heterocycles. The van der Waals surface area contributed by atoms with Crippen LogP contribution in [0.3, 0.4) is 0 Å². The van der Waals surface area contributed by atoms with Crippen LogP contribution in [-0.4, -0.2) is 18.1 Å². The third-order valence-corrected chi connectivity index (χ3v) is 4.28. The second-order valence-corrected chi connectivity index (χ2v) is 5.71. The fourth-order valence-electron chi connectivity index (χ4n) is 2.48. The van der Waals surface area contributed by atoms with E-state index in [-0.39, 0.29) is 0 Å². The van der Waals surface area contributed by atoms with Crippen LogP contribution < -0.4 is 4.90 Å². The summed E-state index contributed by atoms with van der Waals surface area (Å²) >= 11 is 3.57. The van der Waals surface area contributed by atoms with E-state index in [9.17, 15) is 0 Å². The van der Waals surface area contributed by atoms with Crippen molar-refractivity contribution in [2.24, 2.45) is 5.92 Å². The molecule has 0 unspecified atom stereocenters. The molecule has 1 aromatic heterocycles. The van der Waals surface area contributed by atoms with Gasteiger partial charge in [-0.15, -0.1) is 0 Å². The smallest absolute Gasteiger partial charge is 0.0592 e. The van der Waals surface area contributed by atoms with Crippen LogP contribution in [0.1, 0.15) is 32.6 Å². The van der Waals surface area contributed by atoms with Gasteiger partial charge in [0.25, 0.3) is 0 Å². The summed E-state index contributed by atoms with van der Waals surface area (Å²) in [7, 11) is 2.20. The summed E-state index contributed by atoms with van der Waals surface area (Å²) in [5.41, 5.74) is 1.26. The van der Waals surface area contributed by atoms with E-state index in [4.69, 9.17) is 0 Å². The second kappa shape index (κ2) is 5.17. The van der Waals surface area contributed by atoms with E-state index in [0.29, 0.717) is 6.04 Å². The molecule has 0 N–H and O–H groups in total. The summed E-state index contributed by atoms with van der Waals surface area (Å²) in [4.78, 5) is 6.51. The van der Waals surface area contributed by atoms with Gasteiger partial charge in [0.05, 0.1) is 10.2 Å². The average Bonchev–Trinajstić information content (AvgIpc) is 2.30. The maximum atomic E-state index is 4.11. The Morgan fingerprint density at radius 2 is 2.00 bits per heavy atom. The summed E-state index contributed by atoms with van der Waals surface area (Å²) < 4.78 is 1.09. The lowest BCUT2D eigenvalue weighted by Gasteiger charge is -2.35. The van der Waals surface area contributed by atoms with Gasteiger partial charge in [-0.1, -0.05) is 6.92 Å². The minimum atomic E-state index is 0.690. The summed E-state index contributed by atoms with van der Waals surface area (Å²) in [6.07, 6.45) is 9.08. The van der Waals surface area contributed by atoms with Crippen LogP contribution >= 0.6 is 15.9 Å². The third-order valence-electron chi connectivity index (χ3n) is 3.66. The van der Waals surface area contributed by atoms with Crippen LogP contribution in [0.2, 0.25) is 0 Å². The number of hydrogen-bond donors (Lipinski definition) is 0. The molecule has 1 aliphatic rings. The number of nitrogens with zero attached hydrogens (tertiary/aromatic N) is 2. The zero-order valence-corrected chi connectivity index (χ0v) is 11.6. The Hall–Kier alpha value is -0.570. The van der Waals surface area contributed by atoms with Crippen molar-refractivity contribution in [1.82, 2.24) is 4.98 Å². The average molecular weight is 283 g/mol. The molecule has 2 rings (SSSR count). The molecule has 0 spiro atoms. The predicted octanol–water partition coefficient (Wildman–Crippen LogP) is 3.86. The molecule has 1 aromatic rings. The molecule has 1 saturated carbocycles. The largest absolute Gasteiger partial charge is 0.371 e. The highest BCUT2D eigenvalue weighted by molar-refractivity contribution is 9.10. The molecule has 0 saturated heterocycles. The van der Waals surface area contributed by atoms with Gasteiger partial charge in [-0.2, -0.15) is 0 Å². The Labute approximate surface area is 106 Å². The van der Waals surface area contributed by atoms with Gasteiger partial charge in [0.2, 0.25) is 0 Å². The summed E-state index contributed by atoms with van der Waals surface area (Å²) in [5.74, 6) is 0.908. The highest BCUT2D eigenvalue weighted by Crippen LogP contribution is 2.32. The van der Waals surface area contributed by atoms with Crippen LogP contribution in [0.25, 0.3) is 0 Å². The lowest BCUT2D eigenvalue weighted by atomic mass is 9.86. The fraction of sp³-hybridized carbons (Fsp3) is 0.615. The van der Waals surface area contributed by atoms with Crippen LogP contribution in [0.5, 0.6) is 0 Å². The lowest BCUT2D eigenvalue weighted by molar-refractivity contribution is 0.340. The summed E-state index contributed by atoms with van der Waals surface area (Å²) in [5, 5.41) is 0. The van der Waals surface area contributed by atoms with Gasteiger partial charge in [-0.3, -0.25) is 4.98 Å². The first-order valence-corrected chi connectivity index (χ1v) is 6.80. The molecule has 0 amide bonds. The molecule has 0 atom stereocenters. The third kappa shape index (κ3) is 2.57. The van der Waals surface area contributed by atoms with Gasteiger partial charge in [-0.25, -0.2) is 0 Å². The van der Waals surface area contributed by atoms with Crippen LogP contribution in [0.15, 0.2) is 22.9 Å². The molecule has 88 valence electrons. The molecular formula is C13H19BrN2. The number of hydrogen-bond acceptors (Lipinski definition) is 2. The van der Waals surface area contributed by atoms with Crippen LogP contribution in [0, 0.1) is 5.92 Å². The Morgan fingerprint density at radius 3 is 2.62 bits per heavy atom. The van der Waals surface area contributed by atoms with Crippen molar-refractivity contribution in [1.29, 1.82) is 0 Å². The van der Waals surface area contributed by atoms with E-state index in [2.05, 4.69) is 45.9 Å². The number of pyridine rings is 1. The molecule has 0 bridgehead atoms. The van der Waals surface area contributed by atoms with E-state index in [1.807, 2.05) is 12.4 Å². The normalized spacial score (nSPS) is 25.4. The van der Waals surface area contributed by atoms with Crippen molar-refractivity contribution in [2.45, 2.75) is 38.6 Å². The zero-order chi connectivity index (χ0) is 11.5. The molecule has 1 aliphatic carbocycles. The number of aromatic nitrogens is 1. The minimum Gasteiger partial charge on any atom is -0.371 e. The predicted molar refractivity (Wildman–Crippen MR) is 71.8 cm³/mol. The fourth-order valence-corrected chi connectivity index (χ4v) is 3.01. The van der Waals surface area contributed by atoms with Gasteiger partial charge in [-0.05, 0) is 53.6 Å². The molecule has 1 fully saturated rings. The Balaban J connectivity index is 2.07. The Morgan fingerprint density at radius 1 is 1.31 bits per heavy atom. The molecule has 1 heterocycles. The number of rotatable bonds is 2. The van der Waals surface area contributed by atoms with E-state index in [1.165, 1.54) is 31.4 Å². The maximum absolute atomic E-state index is 4.11. The first-order chi connectivity index (χ1) is 7.68. The van der Waals surface area contributed by atoms with Crippen molar-refractivity contribution in [3.63, 3.8) is 0 Å². The monoisotopic (exact) mass is 282 g/mol. The zero-order valence-electron chi connectivity index (χ0n) is 9.99. The summed E-state index contributed by atoms with van der Waals surface area (Å²) in [6, 6.07) is 2.78. The maximum Gasteiger partial charge on any atom is 0.0592 e. The van der Waals surface area contributed by atoms with Crippen molar-refractivity contribution in [3.05, 3.63) is 22.9 Å². The molecule has 0 aromatic carbocycles. The van der Waals surface area contributed by atoms with E-state index in [1.54, 1.807) is 0 Å². The highest BCUT2D eigenvalue weighted by atomic mass is 79.9. The van der Waals surface area contributed by atoms with Crippen molar-refractivity contribution in [3.8, 4) is 0 Å². The Kier molecular flexibility index (Phi) is 3.85. The molecule has 16 heavy (non-hydrogen) atoms. The molecule has 3 heteroatoms.